The smallest absolute Gasteiger partial charge is 0.269 e. The number of fused-ring (bicyclic) bond motifs is 1. The van der Waals surface area contributed by atoms with Crippen LogP contribution in [0, 0.1) is 22.0 Å². The Hall–Kier alpha value is -2.48. The van der Waals surface area contributed by atoms with Crippen LogP contribution in [0.3, 0.4) is 0 Å². The summed E-state index contributed by atoms with van der Waals surface area (Å²) >= 11 is 0. The van der Waals surface area contributed by atoms with E-state index in [2.05, 4.69) is 9.80 Å². The maximum atomic E-state index is 12.6. The number of piperazine rings is 1. The number of non-ortho nitro benzene ring substituents is 1. The maximum Gasteiger partial charge on any atom is 0.269 e. The van der Waals surface area contributed by atoms with Gasteiger partial charge in [-0.25, -0.2) is 0 Å². The fraction of sp³-hybridized carbons (Fsp3) is 0.579. The Bertz CT molecular complexity index is 719. The van der Waals surface area contributed by atoms with E-state index in [0.29, 0.717) is 6.67 Å². The normalized spacial score (nSPS) is 26.4. The molecule has 0 bridgehead atoms. The highest BCUT2D eigenvalue weighted by molar-refractivity contribution is 6.05. The van der Waals surface area contributed by atoms with Crippen LogP contribution in [0.4, 0.5) is 11.4 Å². The molecular weight excluding hydrogens is 348 g/mol. The molecule has 0 N–H and O–H groups in total. The quantitative estimate of drug-likeness (QED) is 0.455. The molecule has 144 valence electrons. The molecule has 0 unspecified atom stereocenters. The molecule has 2 heterocycles. The van der Waals surface area contributed by atoms with Crippen LogP contribution in [-0.4, -0.2) is 59.4 Å². The molecule has 2 atom stereocenters. The number of hydrogen-bond acceptors (Lipinski definition) is 6. The van der Waals surface area contributed by atoms with Gasteiger partial charge in [-0.2, -0.15) is 0 Å². The number of benzene rings is 1. The fourth-order valence-corrected chi connectivity index (χ4v) is 4.50. The van der Waals surface area contributed by atoms with Gasteiger partial charge in [0.15, 0.2) is 0 Å². The Morgan fingerprint density at radius 1 is 0.926 bits per heavy atom. The summed E-state index contributed by atoms with van der Waals surface area (Å²) in [7, 11) is 0. The SMILES string of the molecule is O=C1[C@H]2CCCC[C@H]2C(=O)N1CN1CCN(c2ccc([N+](=O)[O-])cc2)CC1. The van der Waals surface area contributed by atoms with Gasteiger partial charge >= 0.3 is 0 Å². The lowest BCUT2D eigenvalue weighted by molar-refractivity contribution is -0.384. The van der Waals surface area contributed by atoms with E-state index in [-0.39, 0.29) is 29.3 Å². The third-order valence-corrected chi connectivity index (χ3v) is 6.07. The van der Waals surface area contributed by atoms with Gasteiger partial charge in [0.2, 0.25) is 11.8 Å². The molecule has 1 aromatic rings. The van der Waals surface area contributed by atoms with Crippen LogP contribution in [0.1, 0.15) is 25.7 Å². The molecule has 3 fully saturated rings. The number of nitro benzene ring substituents is 1. The van der Waals surface area contributed by atoms with Crippen molar-refractivity contribution in [2.75, 3.05) is 37.7 Å². The molecule has 1 aliphatic carbocycles. The van der Waals surface area contributed by atoms with Crippen molar-refractivity contribution in [2.45, 2.75) is 25.7 Å². The maximum absolute atomic E-state index is 12.6. The molecule has 2 amide bonds. The number of hydrogen-bond donors (Lipinski definition) is 0. The van der Waals surface area contributed by atoms with Crippen LogP contribution in [0.15, 0.2) is 24.3 Å². The minimum absolute atomic E-state index is 0.0162. The van der Waals surface area contributed by atoms with E-state index in [9.17, 15) is 19.7 Å². The lowest BCUT2D eigenvalue weighted by Crippen LogP contribution is -2.51. The second kappa shape index (κ2) is 7.26. The van der Waals surface area contributed by atoms with Gasteiger partial charge in [0.25, 0.3) is 5.69 Å². The lowest BCUT2D eigenvalue weighted by Gasteiger charge is -2.37. The van der Waals surface area contributed by atoms with Gasteiger partial charge in [-0.1, -0.05) is 12.8 Å². The van der Waals surface area contributed by atoms with Crippen LogP contribution in [0.5, 0.6) is 0 Å². The standard InChI is InChI=1S/C19H24N4O4/c24-18-16-3-1-2-4-17(16)19(25)22(18)13-20-9-11-21(12-10-20)14-5-7-15(8-6-14)23(26)27/h5-8,16-17H,1-4,9-13H2/t16-,17+. The Labute approximate surface area is 157 Å². The monoisotopic (exact) mass is 372 g/mol. The van der Waals surface area contributed by atoms with Crippen LogP contribution in [0.25, 0.3) is 0 Å². The highest BCUT2D eigenvalue weighted by Gasteiger charge is 2.48. The van der Waals surface area contributed by atoms with Gasteiger partial charge < -0.3 is 4.90 Å². The summed E-state index contributed by atoms with van der Waals surface area (Å²) in [4.78, 5) is 41.4. The highest BCUT2D eigenvalue weighted by Crippen LogP contribution is 2.38. The summed E-state index contributed by atoms with van der Waals surface area (Å²) in [5.74, 6) is -0.148. The average Bonchev–Trinajstić information content (AvgIpc) is 2.94. The molecule has 0 radical (unpaired) electrons. The van der Waals surface area contributed by atoms with Crippen molar-refractivity contribution in [3.05, 3.63) is 34.4 Å². The first kappa shape index (κ1) is 17.9. The summed E-state index contributed by atoms with van der Waals surface area (Å²) in [6.45, 7) is 3.42. The fourth-order valence-electron chi connectivity index (χ4n) is 4.50. The van der Waals surface area contributed by atoms with Gasteiger partial charge in [-0.3, -0.25) is 29.5 Å². The molecular formula is C19H24N4O4. The summed E-state index contributed by atoms with van der Waals surface area (Å²) in [6, 6.07) is 6.58. The number of nitro groups is 1. The van der Waals surface area contributed by atoms with Crippen molar-refractivity contribution in [3.63, 3.8) is 0 Å². The Morgan fingerprint density at radius 2 is 1.48 bits per heavy atom. The van der Waals surface area contributed by atoms with Crippen LogP contribution in [-0.2, 0) is 9.59 Å². The van der Waals surface area contributed by atoms with E-state index in [0.717, 1.165) is 57.5 Å². The number of nitrogens with zero attached hydrogens (tertiary/aromatic N) is 4. The topological polar surface area (TPSA) is 87.0 Å². The van der Waals surface area contributed by atoms with Crippen molar-refractivity contribution in [1.82, 2.24) is 9.80 Å². The Balaban J connectivity index is 1.33. The van der Waals surface area contributed by atoms with E-state index in [1.54, 1.807) is 12.1 Å². The summed E-state index contributed by atoms with van der Waals surface area (Å²) < 4.78 is 0. The van der Waals surface area contributed by atoms with Crippen molar-refractivity contribution >= 4 is 23.2 Å². The van der Waals surface area contributed by atoms with Gasteiger partial charge in [0.1, 0.15) is 0 Å². The van der Waals surface area contributed by atoms with Crippen LogP contribution < -0.4 is 4.90 Å². The van der Waals surface area contributed by atoms with Gasteiger partial charge in [-0.15, -0.1) is 0 Å². The van der Waals surface area contributed by atoms with Crippen molar-refractivity contribution < 1.29 is 14.5 Å². The first-order valence-corrected chi connectivity index (χ1v) is 9.61. The minimum atomic E-state index is -0.399. The Kier molecular flexibility index (Phi) is 4.82. The van der Waals surface area contributed by atoms with E-state index in [4.69, 9.17) is 0 Å². The number of anilines is 1. The highest BCUT2D eigenvalue weighted by atomic mass is 16.6. The van der Waals surface area contributed by atoms with E-state index in [1.807, 2.05) is 0 Å². The number of rotatable bonds is 4. The zero-order valence-electron chi connectivity index (χ0n) is 15.2. The first-order chi connectivity index (χ1) is 13.0. The molecule has 0 aromatic heterocycles. The van der Waals surface area contributed by atoms with E-state index >= 15 is 0 Å². The van der Waals surface area contributed by atoms with E-state index < -0.39 is 4.92 Å². The second-order valence-electron chi connectivity index (χ2n) is 7.62. The predicted octanol–water partition coefficient (Wildman–Crippen LogP) is 1.85. The van der Waals surface area contributed by atoms with Crippen LogP contribution in [0.2, 0.25) is 0 Å². The minimum Gasteiger partial charge on any atom is -0.369 e. The number of carbonyl (C=O) groups excluding carboxylic acids is 2. The first-order valence-electron chi connectivity index (χ1n) is 9.61. The number of imide groups is 1. The average molecular weight is 372 g/mol. The number of likely N-dealkylation sites (tertiary alicyclic amines) is 1. The summed E-state index contributed by atoms with van der Waals surface area (Å²) in [5.41, 5.74) is 1.05. The Morgan fingerprint density at radius 3 is 2.00 bits per heavy atom. The molecule has 2 aliphatic heterocycles. The molecule has 8 nitrogen and oxygen atoms in total. The molecule has 3 aliphatic rings. The zero-order chi connectivity index (χ0) is 19.0. The molecule has 4 rings (SSSR count). The van der Waals surface area contributed by atoms with Gasteiger partial charge in [0, 0.05) is 44.0 Å². The molecule has 8 heteroatoms. The number of carbonyl (C=O) groups is 2. The molecule has 1 saturated carbocycles. The molecule has 27 heavy (non-hydrogen) atoms. The summed E-state index contributed by atoms with van der Waals surface area (Å²) in [6.07, 6.45) is 3.78. The third kappa shape index (κ3) is 3.41. The zero-order valence-corrected chi connectivity index (χ0v) is 15.2. The van der Waals surface area contributed by atoms with Crippen molar-refractivity contribution in [3.8, 4) is 0 Å². The van der Waals surface area contributed by atoms with Crippen molar-refractivity contribution in [1.29, 1.82) is 0 Å². The number of amides is 2. The van der Waals surface area contributed by atoms with Gasteiger partial charge in [-0.05, 0) is 25.0 Å². The third-order valence-electron chi connectivity index (χ3n) is 6.07. The van der Waals surface area contributed by atoms with Crippen molar-refractivity contribution in [2.24, 2.45) is 11.8 Å². The van der Waals surface area contributed by atoms with Crippen LogP contribution >= 0.6 is 0 Å². The molecule has 0 spiro atoms. The second-order valence-corrected chi connectivity index (χ2v) is 7.62. The van der Waals surface area contributed by atoms with E-state index in [1.165, 1.54) is 17.0 Å². The summed E-state index contributed by atoms with van der Waals surface area (Å²) in [5, 5.41) is 10.8. The van der Waals surface area contributed by atoms with Gasteiger partial charge in [0.05, 0.1) is 23.4 Å². The molecule has 1 aromatic carbocycles. The predicted molar refractivity (Wildman–Crippen MR) is 99.1 cm³/mol. The largest absolute Gasteiger partial charge is 0.369 e. The molecule has 2 saturated heterocycles. The lowest BCUT2D eigenvalue weighted by atomic mass is 9.81.